The quantitative estimate of drug-likeness (QED) is 0.313. The second-order valence-corrected chi connectivity index (χ2v) is 9.88. The van der Waals surface area contributed by atoms with Crippen LogP contribution >= 0.6 is 0 Å². The fraction of sp³-hybridized carbons (Fsp3) is 0.440. The van der Waals surface area contributed by atoms with Crippen molar-refractivity contribution in [3.8, 4) is 0 Å². The van der Waals surface area contributed by atoms with Crippen molar-refractivity contribution in [3.05, 3.63) is 52.3 Å². The van der Waals surface area contributed by atoms with Crippen molar-refractivity contribution in [2.45, 2.75) is 31.8 Å². The summed E-state index contributed by atoms with van der Waals surface area (Å²) >= 11 is 0. The molecular formula is C25H28N8O4. The van der Waals surface area contributed by atoms with Crippen molar-refractivity contribution in [2.24, 2.45) is 0 Å². The molecule has 0 spiro atoms. The number of piperazine rings is 1. The molecule has 2 amide bonds. The highest BCUT2D eigenvalue weighted by Crippen LogP contribution is 2.34. The molecule has 3 aliphatic heterocycles. The molecule has 3 saturated heterocycles. The first-order valence-electron chi connectivity index (χ1n) is 12.5. The average Bonchev–Trinajstić information content (AvgIpc) is 3.20. The predicted molar refractivity (Wildman–Crippen MR) is 137 cm³/mol. The van der Waals surface area contributed by atoms with E-state index in [0.29, 0.717) is 18.9 Å². The zero-order valence-corrected chi connectivity index (χ0v) is 20.5. The number of aromatic nitrogens is 3. The highest BCUT2D eigenvalue weighted by atomic mass is 16.6. The number of anilines is 2. The maximum atomic E-state index is 12.5. The van der Waals surface area contributed by atoms with Crippen molar-refractivity contribution in [3.63, 3.8) is 0 Å². The molecule has 12 nitrogen and oxygen atoms in total. The van der Waals surface area contributed by atoms with Crippen LogP contribution in [0, 0.1) is 17.0 Å². The second-order valence-electron chi connectivity index (χ2n) is 9.88. The van der Waals surface area contributed by atoms with Gasteiger partial charge in [-0.2, -0.15) is 5.10 Å². The molecule has 6 rings (SSSR count). The summed E-state index contributed by atoms with van der Waals surface area (Å²) in [5.41, 5.74) is 3.83. The summed E-state index contributed by atoms with van der Waals surface area (Å²) in [7, 11) is 0. The van der Waals surface area contributed by atoms with Gasteiger partial charge in [0.25, 0.3) is 5.91 Å². The Hall–Kier alpha value is -4.06. The van der Waals surface area contributed by atoms with Crippen LogP contribution in [0.15, 0.2) is 36.5 Å². The van der Waals surface area contributed by atoms with Crippen LogP contribution in [0.3, 0.4) is 0 Å². The standard InChI is InChI=1S/C25H28N8O4/c1-16-24-19(3-2-4-20(24)32(28-16)21-6-8-23(34)27-25(21)35)30-11-9-29(10-12-30)18-14-31(15-18)17-5-7-22(26-13-17)33(36)37/h2-5,7,13,18,21H,6,8-12,14-15H2,1H3,(H,27,34,35). The number of imide groups is 1. The lowest BCUT2D eigenvalue weighted by molar-refractivity contribution is -0.389. The third-order valence-corrected chi connectivity index (χ3v) is 7.71. The maximum Gasteiger partial charge on any atom is 0.363 e. The van der Waals surface area contributed by atoms with Crippen LogP contribution in [-0.2, 0) is 9.59 Å². The van der Waals surface area contributed by atoms with E-state index >= 15 is 0 Å². The van der Waals surface area contributed by atoms with Gasteiger partial charge >= 0.3 is 5.82 Å². The predicted octanol–water partition coefficient (Wildman–Crippen LogP) is 1.64. The molecule has 3 aromatic rings. The first-order valence-corrected chi connectivity index (χ1v) is 12.5. The van der Waals surface area contributed by atoms with Crippen LogP contribution in [0.1, 0.15) is 24.6 Å². The van der Waals surface area contributed by atoms with Gasteiger partial charge in [0.2, 0.25) is 5.91 Å². The van der Waals surface area contributed by atoms with Crippen molar-refractivity contribution >= 4 is 39.9 Å². The van der Waals surface area contributed by atoms with E-state index in [9.17, 15) is 19.7 Å². The van der Waals surface area contributed by atoms with Crippen molar-refractivity contribution in [2.75, 3.05) is 49.1 Å². The highest BCUT2D eigenvalue weighted by Gasteiger charge is 2.35. The van der Waals surface area contributed by atoms with E-state index in [4.69, 9.17) is 5.10 Å². The van der Waals surface area contributed by atoms with Gasteiger partial charge in [-0.3, -0.25) is 24.5 Å². The number of benzene rings is 1. The van der Waals surface area contributed by atoms with Gasteiger partial charge in [0.15, 0.2) is 6.20 Å². The van der Waals surface area contributed by atoms with E-state index in [1.165, 1.54) is 6.07 Å². The molecule has 37 heavy (non-hydrogen) atoms. The largest absolute Gasteiger partial charge is 0.368 e. The lowest BCUT2D eigenvalue weighted by Crippen LogP contribution is -2.63. The van der Waals surface area contributed by atoms with E-state index < -0.39 is 11.0 Å². The number of fused-ring (bicyclic) bond motifs is 1. The first kappa shape index (κ1) is 23.3. The van der Waals surface area contributed by atoms with Gasteiger partial charge in [-0.05, 0) is 41.5 Å². The third-order valence-electron chi connectivity index (χ3n) is 7.71. The molecule has 1 N–H and O–H groups in total. The van der Waals surface area contributed by atoms with Crippen molar-refractivity contribution in [1.82, 2.24) is 25.0 Å². The number of hydrogen-bond donors (Lipinski definition) is 1. The maximum absolute atomic E-state index is 12.5. The Morgan fingerprint density at radius 3 is 2.51 bits per heavy atom. The first-order chi connectivity index (χ1) is 17.9. The minimum Gasteiger partial charge on any atom is -0.368 e. The molecule has 0 bridgehead atoms. The van der Waals surface area contributed by atoms with Gasteiger partial charge < -0.3 is 19.9 Å². The summed E-state index contributed by atoms with van der Waals surface area (Å²) < 4.78 is 1.78. The van der Waals surface area contributed by atoms with Crippen LogP contribution in [0.4, 0.5) is 17.2 Å². The minimum atomic E-state index is -0.482. The number of piperidine rings is 1. The molecule has 1 unspecified atom stereocenters. The van der Waals surface area contributed by atoms with E-state index in [-0.39, 0.29) is 17.6 Å². The van der Waals surface area contributed by atoms with Crippen LogP contribution in [0.2, 0.25) is 0 Å². The molecule has 192 valence electrons. The summed E-state index contributed by atoms with van der Waals surface area (Å²) in [5, 5.41) is 19.0. The van der Waals surface area contributed by atoms with Crippen LogP contribution in [0.5, 0.6) is 0 Å². The summed E-state index contributed by atoms with van der Waals surface area (Å²) in [5.74, 6) is -0.657. The third kappa shape index (κ3) is 4.16. The number of nitro groups is 1. The highest BCUT2D eigenvalue weighted by molar-refractivity contribution is 6.01. The molecule has 2 aromatic heterocycles. The fourth-order valence-corrected chi connectivity index (χ4v) is 5.67. The molecule has 0 radical (unpaired) electrons. The Labute approximate surface area is 213 Å². The van der Waals surface area contributed by atoms with Crippen LogP contribution in [0.25, 0.3) is 10.9 Å². The van der Waals surface area contributed by atoms with E-state index in [2.05, 4.69) is 31.1 Å². The van der Waals surface area contributed by atoms with Gasteiger partial charge in [-0.1, -0.05) is 6.07 Å². The zero-order valence-electron chi connectivity index (χ0n) is 20.5. The van der Waals surface area contributed by atoms with Gasteiger partial charge in [0, 0.05) is 68.9 Å². The molecule has 3 fully saturated rings. The Bertz CT molecular complexity index is 1370. The Kier molecular flexibility index (Phi) is 5.75. The lowest BCUT2D eigenvalue weighted by atomic mass is 10.0. The number of nitrogens with zero attached hydrogens (tertiary/aromatic N) is 7. The molecule has 12 heteroatoms. The molecular weight excluding hydrogens is 476 g/mol. The van der Waals surface area contributed by atoms with Gasteiger partial charge in [-0.25, -0.2) is 0 Å². The number of pyridine rings is 1. The number of carbonyl (C=O) groups excluding carboxylic acids is 2. The molecule has 3 aliphatic rings. The van der Waals surface area contributed by atoms with E-state index in [0.717, 1.165) is 67.2 Å². The smallest absolute Gasteiger partial charge is 0.363 e. The molecule has 0 saturated carbocycles. The molecule has 1 aromatic carbocycles. The van der Waals surface area contributed by atoms with Crippen molar-refractivity contribution in [1.29, 1.82) is 0 Å². The van der Waals surface area contributed by atoms with Gasteiger partial charge in [-0.15, -0.1) is 0 Å². The Morgan fingerprint density at radius 2 is 1.84 bits per heavy atom. The number of aryl methyl sites for hydroxylation is 1. The topological polar surface area (TPSA) is 130 Å². The minimum absolute atomic E-state index is 0.134. The number of hydrogen-bond acceptors (Lipinski definition) is 9. The summed E-state index contributed by atoms with van der Waals surface area (Å²) in [6.45, 7) is 7.39. The number of nitrogens with one attached hydrogen (secondary N) is 1. The lowest BCUT2D eigenvalue weighted by Gasteiger charge is -2.49. The number of rotatable bonds is 5. The number of amides is 2. The average molecular weight is 505 g/mol. The molecule has 0 aliphatic carbocycles. The van der Waals surface area contributed by atoms with Gasteiger partial charge in [0.1, 0.15) is 6.04 Å². The van der Waals surface area contributed by atoms with Crippen LogP contribution in [-0.4, -0.2) is 81.7 Å². The summed E-state index contributed by atoms with van der Waals surface area (Å²) in [6.07, 6.45) is 2.35. The monoisotopic (exact) mass is 504 g/mol. The van der Waals surface area contributed by atoms with Crippen LogP contribution < -0.4 is 15.1 Å². The number of carbonyl (C=O) groups is 2. The summed E-state index contributed by atoms with van der Waals surface area (Å²) in [4.78, 5) is 45.5. The Morgan fingerprint density at radius 1 is 1.05 bits per heavy atom. The molecule has 1 atom stereocenters. The SMILES string of the molecule is Cc1nn(C2CCC(=O)NC2=O)c2cccc(N3CCN(C4CN(c5ccc([N+](=O)[O-])nc5)C4)CC3)c12. The van der Waals surface area contributed by atoms with E-state index in [1.54, 1.807) is 16.9 Å². The van der Waals surface area contributed by atoms with E-state index in [1.807, 2.05) is 19.1 Å². The molecule has 5 heterocycles. The second kappa shape index (κ2) is 9.11. The summed E-state index contributed by atoms with van der Waals surface area (Å²) in [6, 6.07) is 9.31. The van der Waals surface area contributed by atoms with Crippen molar-refractivity contribution < 1.29 is 14.5 Å². The normalized spacial score (nSPS) is 21.3. The van der Waals surface area contributed by atoms with Gasteiger partial charge in [0.05, 0.1) is 16.9 Å². The zero-order chi connectivity index (χ0) is 25.7. The fourth-order valence-electron chi connectivity index (χ4n) is 5.67. The Balaban J connectivity index is 1.12.